The van der Waals surface area contributed by atoms with Gasteiger partial charge < -0.3 is 8.98 Å². The molecule has 2 aromatic carbocycles. The summed E-state index contributed by atoms with van der Waals surface area (Å²) in [6, 6.07) is 22.7. The number of para-hydroxylation sites is 1. The zero-order chi connectivity index (χ0) is 23.4. The van der Waals surface area contributed by atoms with Gasteiger partial charge in [0.05, 0.1) is 5.52 Å². The van der Waals surface area contributed by atoms with E-state index in [1.807, 2.05) is 60.2 Å². The number of aryl methyl sites for hydroxylation is 1. The van der Waals surface area contributed by atoms with Crippen LogP contribution in [-0.4, -0.2) is 15.3 Å². The molecule has 6 rings (SSSR count). The SMILES string of the molecule is Cn1c(-c2cc3ccccc3o2)nc2sc(/C=C3\C(=O)c4ccccc4C3=C(C#N)C#N)cc21. The predicted molar refractivity (Wildman–Crippen MR) is 131 cm³/mol. The Bertz CT molecular complexity index is 1770. The van der Waals surface area contributed by atoms with Crippen LogP contribution in [-0.2, 0) is 7.05 Å². The molecule has 0 aliphatic heterocycles. The highest BCUT2D eigenvalue weighted by molar-refractivity contribution is 7.19. The third-order valence-corrected chi connectivity index (χ3v) is 6.93. The largest absolute Gasteiger partial charge is 0.453 e. The van der Waals surface area contributed by atoms with Crippen LogP contribution >= 0.6 is 11.3 Å². The van der Waals surface area contributed by atoms with Crippen molar-refractivity contribution < 1.29 is 9.21 Å². The van der Waals surface area contributed by atoms with Crippen molar-refractivity contribution in [3.8, 4) is 23.7 Å². The molecule has 0 saturated heterocycles. The van der Waals surface area contributed by atoms with Crippen LogP contribution in [0.2, 0.25) is 0 Å². The van der Waals surface area contributed by atoms with Gasteiger partial charge in [-0.2, -0.15) is 10.5 Å². The van der Waals surface area contributed by atoms with Crippen molar-refractivity contribution >= 4 is 50.1 Å². The maximum Gasteiger partial charge on any atom is 0.194 e. The van der Waals surface area contributed by atoms with Gasteiger partial charge in [0.2, 0.25) is 0 Å². The number of carbonyl (C=O) groups is 1. The molecule has 5 aromatic rings. The van der Waals surface area contributed by atoms with Crippen LogP contribution in [0, 0.1) is 22.7 Å². The molecule has 0 amide bonds. The predicted octanol–water partition coefficient (Wildman–Crippen LogP) is 6.13. The lowest BCUT2D eigenvalue weighted by molar-refractivity contribution is 0.104. The van der Waals surface area contributed by atoms with Gasteiger partial charge in [-0.25, -0.2) is 4.98 Å². The topological polar surface area (TPSA) is 95.6 Å². The lowest BCUT2D eigenvalue weighted by Crippen LogP contribution is -1.95. The second-order valence-electron chi connectivity index (χ2n) is 7.89. The van der Waals surface area contributed by atoms with E-state index in [4.69, 9.17) is 9.40 Å². The molecule has 0 fully saturated rings. The lowest BCUT2D eigenvalue weighted by Gasteiger charge is -2.01. The van der Waals surface area contributed by atoms with E-state index in [1.165, 1.54) is 11.3 Å². The number of carbonyl (C=O) groups excluding carboxylic acids is 1. The first-order valence-corrected chi connectivity index (χ1v) is 11.3. The molecular weight excluding hydrogens is 444 g/mol. The van der Waals surface area contributed by atoms with E-state index >= 15 is 0 Å². The van der Waals surface area contributed by atoms with Crippen LogP contribution < -0.4 is 0 Å². The van der Waals surface area contributed by atoms with Gasteiger partial charge in [0.1, 0.15) is 28.1 Å². The first kappa shape index (κ1) is 19.9. The summed E-state index contributed by atoms with van der Waals surface area (Å²) in [5, 5.41) is 20.0. The number of hydrogen-bond donors (Lipinski definition) is 0. The molecule has 1 aliphatic rings. The third kappa shape index (κ3) is 2.85. The maximum absolute atomic E-state index is 13.1. The minimum Gasteiger partial charge on any atom is -0.453 e. The van der Waals surface area contributed by atoms with E-state index in [2.05, 4.69) is 0 Å². The summed E-state index contributed by atoms with van der Waals surface area (Å²) in [6.45, 7) is 0. The summed E-state index contributed by atoms with van der Waals surface area (Å²) in [5.41, 5.74) is 3.49. The zero-order valence-corrected chi connectivity index (χ0v) is 18.7. The van der Waals surface area contributed by atoms with Crippen molar-refractivity contribution in [2.45, 2.75) is 0 Å². The number of thiophene rings is 1. The van der Waals surface area contributed by atoms with Gasteiger partial charge in [0, 0.05) is 34.0 Å². The fourth-order valence-electron chi connectivity index (χ4n) is 4.37. The molecule has 0 atom stereocenters. The summed E-state index contributed by atoms with van der Waals surface area (Å²) in [7, 11) is 1.92. The molecular formula is C27H14N4O2S. The number of aromatic nitrogens is 2. The zero-order valence-electron chi connectivity index (χ0n) is 17.9. The van der Waals surface area contributed by atoms with Crippen molar-refractivity contribution in [2.24, 2.45) is 7.05 Å². The van der Waals surface area contributed by atoms with Gasteiger partial charge in [-0.3, -0.25) is 4.79 Å². The Morgan fingerprint density at radius 3 is 2.53 bits per heavy atom. The van der Waals surface area contributed by atoms with Crippen LogP contribution in [0.15, 0.2) is 76.2 Å². The highest BCUT2D eigenvalue weighted by atomic mass is 32.1. The number of nitriles is 2. The van der Waals surface area contributed by atoms with Gasteiger partial charge in [-0.05, 0) is 29.8 Å². The van der Waals surface area contributed by atoms with Crippen LogP contribution in [0.1, 0.15) is 20.8 Å². The number of allylic oxidation sites excluding steroid dienone is 3. The lowest BCUT2D eigenvalue weighted by atomic mass is 9.99. The first-order valence-electron chi connectivity index (χ1n) is 10.4. The Hall–Kier alpha value is -4.72. The van der Waals surface area contributed by atoms with E-state index in [1.54, 1.807) is 30.3 Å². The average Bonchev–Trinajstić information content (AvgIpc) is 3.59. The Kier molecular flexibility index (Phi) is 4.35. The van der Waals surface area contributed by atoms with Gasteiger partial charge in [0.25, 0.3) is 0 Å². The number of hydrogen-bond acceptors (Lipinski definition) is 6. The quantitative estimate of drug-likeness (QED) is 0.234. The maximum atomic E-state index is 13.1. The van der Waals surface area contributed by atoms with Gasteiger partial charge >= 0.3 is 0 Å². The molecule has 0 N–H and O–H groups in total. The number of furan rings is 1. The number of ketones is 1. The highest BCUT2D eigenvalue weighted by Gasteiger charge is 2.32. The fourth-order valence-corrected chi connectivity index (χ4v) is 5.37. The smallest absolute Gasteiger partial charge is 0.194 e. The standard InChI is InChI=1S/C27H14N4O2S/c1-31-21-12-17(34-27(21)30-26(31)23-10-15-6-2-5-9-22(15)33-23)11-20-24(16(13-28)14-29)18-7-3-4-8-19(18)25(20)32/h2-12H,1H3/b20-11-. The normalized spacial score (nSPS) is 14.0. The molecule has 0 bridgehead atoms. The van der Waals surface area contributed by atoms with Crippen molar-refractivity contribution in [3.05, 3.63) is 87.8 Å². The number of imidazole rings is 1. The Morgan fingerprint density at radius 1 is 1.06 bits per heavy atom. The minimum atomic E-state index is -0.193. The molecule has 7 heteroatoms. The van der Waals surface area contributed by atoms with Crippen LogP contribution in [0.3, 0.4) is 0 Å². The van der Waals surface area contributed by atoms with E-state index in [0.29, 0.717) is 28.0 Å². The van der Waals surface area contributed by atoms with Crippen LogP contribution in [0.5, 0.6) is 0 Å². The number of rotatable bonds is 2. The Balaban J connectivity index is 1.47. The van der Waals surface area contributed by atoms with E-state index in [-0.39, 0.29) is 11.4 Å². The number of benzene rings is 2. The van der Waals surface area contributed by atoms with Gasteiger partial charge in [-0.1, -0.05) is 42.5 Å². The van der Waals surface area contributed by atoms with Gasteiger partial charge in [0.15, 0.2) is 17.4 Å². The summed E-state index contributed by atoms with van der Waals surface area (Å²) >= 11 is 1.44. The van der Waals surface area contributed by atoms with Crippen molar-refractivity contribution in [1.29, 1.82) is 10.5 Å². The van der Waals surface area contributed by atoms with Crippen molar-refractivity contribution in [2.75, 3.05) is 0 Å². The van der Waals surface area contributed by atoms with Gasteiger partial charge in [-0.15, -0.1) is 11.3 Å². The summed E-state index contributed by atoms with van der Waals surface area (Å²) in [6.07, 6.45) is 1.75. The molecule has 3 heterocycles. The van der Waals surface area contributed by atoms with Crippen LogP contribution in [0.4, 0.5) is 0 Å². The molecule has 0 spiro atoms. The summed E-state index contributed by atoms with van der Waals surface area (Å²) in [4.78, 5) is 19.5. The molecule has 0 unspecified atom stereocenters. The molecule has 1 aliphatic carbocycles. The number of fused-ring (bicyclic) bond motifs is 3. The first-order chi connectivity index (χ1) is 16.6. The fraction of sp³-hybridized carbons (Fsp3) is 0.0370. The molecule has 6 nitrogen and oxygen atoms in total. The van der Waals surface area contributed by atoms with Crippen molar-refractivity contribution in [3.63, 3.8) is 0 Å². The Morgan fingerprint density at radius 2 is 1.79 bits per heavy atom. The van der Waals surface area contributed by atoms with Crippen LogP contribution in [0.25, 0.3) is 44.6 Å². The monoisotopic (exact) mass is 458 g/mol. The number of nitrogens with zero attached hydrogens (tertiary/aromatic N) is 4. The van der Waals surface area contributed by atoms with Crippen molar-refractivity contribution in [1.82, 2.24) is 9.55 Å². The molecule has 0 radical (unpaired) electrons. The summed E-state index contributed by atoms with van der Waals surface area (Å²) < 4.78 is 7.95. The molecule has 0 saturated carbocycles. The molecule has 3 aromatic heterocycles. The minimum absolute atomic E-state index is 0.0732. The van der Waals surface area contributed by atoms with E-state index < -0.39 is 0 Å². The van der Waals surface area contributed by atoms with E-state index in [0.717, 1.165) is 32.0 Å². The Labute approximate surface area is 197 Å². The molecule has 34 heavy (non-hydrogen) atoms. The average molecular weight is 459 g/mol. The second kappa shape index (κ2) is 7.41. The van der Waals surface area contributed by atoms with E-state index in [9.17, 15) is 15.3 Å². The third-order valence-electron chi connectivity index (χ3n) is 5.96. The second-order valence-corrected chi connectivity index (χ2v) is 8.95. The summed E-state index contributed by atoms with van der Waals surface area (Å²) in [5.74, 6) is 1.21. The molecule has 160 valence electrons. The number of Topliss-reactive ketones (excluding diaryl/α,β-unsaturated/α-hetero) is 1. The highest BCUT2D eigenvalue weighted by Crippen LogP contribution is 2.41.